The fourth-order valence-corrected chi connectivity index (χ4v) is 1.28. The van der Waals surface area contributed by atoms with Crippen molar-refractivity contribution in [1.82, 2.24) is 4.90 Å². The van der Waals surface area contributed by atoms with E-state index in [1.807, 2.05) is 20.9 Å². The third-order valence-corrected chi connectivity index (χ3v) is 3.17. The first-order chi connectivity index (χ1) is 6.35. The van der Waals surface area contributed by atoms with Crippen LogP contribution in [-0.2, 0) is 0 Å². The van der Waals surface area contributed by atoms with Crippen LogP contribution in [-0.4, -0.2) is 42.3 Å². The van der Waals surface area contributed by atoms with Crippen molar-refractivity contribution in [3.63, 3.8) is 0 Å². The monoisotopic (exact) mass is 202 g/mol. The van der Waals surface area contributed by atoms with Crippen LogP contribution in [0.4, 0.5) is 0 Å². The van der Waals surface area contributed by atoms with E-state index in [1.54, 1.807) is 0 Å². The third-order valence-electron chi connectivity index (χ3n) is 3.17. The van der Waals surface area contributed by atoms with Gasteiger partial charge >= 0.3 is 0 Å². The van der Waals surface area contributed by atoms with E-state index in [-0.39, 0.29) is 12.1 Å². The van der Waals surface area contributed by atoms with Crippen molar-refractivity contribution in [3.8, 4) is 0 Å². The summed E-state index contributed by atoms with van der Waals surface area (Å²) in [7, 11) is 2.04. The Hall–Kier alpha value is -0.120. The standard InChI is InChI=1S/C11H26N2O/c1-9(2)10(6-12)7-13(5)11(3,4)8-14/h9-10,14H,6-8,12H2,1-5H3. The van der Waals surface area contributed by atoms with Crippen molar-refractivity contribution < 1.29 is 5.11 Å². The van der Waals surface area contributed by atoms with Gasteiger partial charge < -0.3 is 10.8 Å². The van der Waals surface area contributed by atoms with Crippen LogP contribution in [0.3, 0.4) is 0 Å². The molecule has 0 aliphatic carbocycles. The second-order valence-corrected chi connectivity index (χ2v) is 5.09. The number of nitrogens with zero attached hydrogens (tertiary/aromatic N) is 1. The normalized spacial score (nSPS) is 15.2. The molecule has 3 N–H and O–H groups in total. The first-order valence-electron chi connectivity index (χ1n) is 5.37. The Morgan fingerprint density at radius 2 is 1.86 bits per heavy atom. The molecule has 14 heavy (non-hydrogen) atoms. The molecule has 3 heteroatoms. The molecule has 1 unspecified atom stereocenters. The van der Waals surface area contributed by atoms with Gasteiger partial charge in [-0.2, -0.15) is 0 Å². The van der Waals surface area contributed by atoms with Gasteiger partial charge in [0.2, 0.25) is 0 Å². The molecule has 0 amide bonds. The fraction of sp³-hybridized carbons (Fsp3) is 1.00. The van der Waals surface area contributed by atoms with Crippen LogP contribution in [0.2, 0.25) is 0 Å². The molecule has 86 valence electrons. The SMILES string of the molecule is CC(C)C(CN)CN(C)C(C)(C)CO. The minimum atomic E-state index is -0.150. The van der Waals surface area contributed by atoms with Crippen molar-refractivity contribution in [1.29, 1.82) is 0 Å². The van der Waals surface area contributed by atoms with Crippen molar-refractivity contribution >= 4 is 0 Å². The minimum absolute atomic E-state index is 0.150. The van der Waals surface area contributed by atoms with Crippen LogP contribution in [0.5, 0.6) is 0 Å². The second kappa shape index (κ2) is 5.69. The van der Waals surface area contributed by atoms with Gasteiger partial charge in [-0.1, -0.05) is 13.8 Å². The quantitative estimate of drug-likeness (QED) is 0.673. The number of rotatable bonds is 6. The maximum Gasteiger partial charge on any atom is 0.0609 e. The molecule has 0 aliphatic rings. The highest BCUT2D eigenvalue weighted by molar-refractivity contribution is 4.80. The zero-order valence-corrected chi connectivity index (χ0v) is 10.2. The van der Waals surface area contributed by atoms with E-state index in [1.165, 1.54) is 0 Å². The Labute approximate surface area is 88.3 Å². The third kappa shape index (κ3) is 3.95. The predicted molar refractivity (Wildman–Crippen MR) is 61.2 cm³/mol. The molecule has 0 radical (unpaired) electrons. The van der Waals surface area contributed by atoms with Crippen LogP contribution in [0, 0.1) is 11.8 Å². The summed E-state index contributed by atoms with van der Waals surface area (Å²) in [5.74, 6) is 1.10. The summed E-state index contributed by atoms with van der Waals surface area (Å²) >= 11 is 0. The average molecular weight is 202 g/mol. The minimum Gasteiger partial charge on any atom is -0.394 e. The van der Waals surface area contributed by atoms with Gasteiger partial charge in [-0.3, -0.25) is 4.90 Å². The Morgan fingerprint density at radius 3 is 2.14 bits per heavy atom. The molecule has 3 nitrogen and oxygen atoms in total. The Kier molecular flexibility index (Phi) is 5.64. The Bertz CT molecular complexity index is 157. The Morgan fingerprint density at radius 1 is 1.36 bits per heavy atom. The highest BCUT2D eigenvalue weighted by Gasteiger charge is 2.25. The van der Waals surface area contributed by atoms with Crippen LogP contribution < -0.4 is 5.73 Å². The van der Waals surface area contributed by atoms with Crippen molar-refractivity contribution in [3.05, 3.63) is 0 Å². The van der Waals surface area contributed by atoms with E-state index >= 15 is 0 Å². The molecule has 0 saturated heterocycles. The average Bonchev–Trinajstić information content (AvgIpc) is 2.12. The molecule has 0 fully saturated rings. The largest absolute Gasteiger partial charge is 0.394 e. The molecular weight excluding hydrogens is 176 g/mol. The van der Waals surface area contributed by atoms with Gasteiger partial charge in [-0.15, -0.1) is 0 Å². The smallest absolute Gasteiger partial charge is 0.0609 e. The van der Waals surface area contributed by atoms with E-state index in [9.17, 15) is 5.11 Å². The van der Waals surface area contributed by atoms with E-state index in [2.05, 4.69) is 18.7 Å². The molecule has 1 atom stereocenters. The molecule has 0 aromatic rings. The van der Waals surface area contributed by atoms with E-state index in [0.717, 1.165) is 6.54 Å². The second-order valence-electron chi connectivity index (χ2n) is 5.09. The Balaban J connectivity index is 4.21. The van der Waals surface area contributed by atoms with Gasteiger partial charge in [0.25, 0.3) is 0 Å². The number of likely N-dealkylation sites (N-methyl/N-ethyl adjacent to an activating group) is 1. The summed E-state index contributed by atoms with van der Waals surface area (Å²) < 4.78 is 0. The van der Waals surface area contributed by atoms with Gasteiger partial charge in [-0.05, 0) is 39.3 Å². The summed E-state index contributed by atoms with van der Waals surface area (Å²) in [6.07, 6.45) is 0. The van der Waals surface area contributed by atoms with Gasteiger partial charge in [0.15, 0.2) is 0 Å². The van der Waals surface area contributed by atoms with Gasteiger partial charge in [-0.25, -0.2) is 0 Å². The van der Waals surface area contributed by atoms with Crippen LogP contribution in [0.1, 0.15) is 27.7 Å². The summed E-state index contributed by atoms with van der Waals surface area (Å²) in [5, 5.41) is 9.22. The summed E-state index contributed by atoms with van der Waals surface area (Å²) in [6.45, 7) is 10.3. The van der Waals surface area contributed by atoms with E-state index in [0.29, 0.717) is 18.4 Å². The van der Waals surface area contributed by atoms with Gasteiger partial charge in [0, 0.05) is 12.1 Å². The molecule has 0 rings (SSSR count). The highest BCUT2D eigenvalue weighted by Crippen LogP contribution is 2.17. The van der Waals surface area contributed by atoms with Gasteiger partial charge in [0.05, 0.1) is 6.61 Å². The lowest BCUT2D eigenvalue weighted by Crippen LogP contribution is -2.48. The molecule has 0 heterocycles. The molecule has 0 aliphatic heterocycles. The lowest BCUT2D eigenvalue weighted by molar-refractivity contribution is 0.0610. The number of nitrogens with two attached hydrogens (primary N) is 1. The van der Waals surface area contributed by atoms with Crippen molar-refractivity contribution in [2.45, 2.75) is 33.2 Å². The maximum absolute atomic E-state index is 9.22. The number of hydrogen-bond donors (Lipinski definition) is 2. The lowest BCUT2D eigenvalue weighted by Gasteiger charge is -2.37. The van der Waals surface area contributed by atoms with Crippen molar-refractivity contribution in [2.24, 2.45) is 17.6 Å². The van der Waals surface area contributed by atoms with Crippen LogP contribution in [0.15, 0.2) is 0 Å². The van der Waals surface area contributed by atoms with E-state index in [4.69, 9.17) is 5.73 Å². The fourth-order valence-electron chi connectivity index (χ4n) is 1.28. The number of aliphatic hydroxyl groups is 1. The number of hydrogen-bond acceptors (Lipinski definition) is 3. The molecule has 0 bridgehead atoms. The molecule has 0 spiro atoms. The van der Waals surface area contributed by atoms with Crippen molar-refractivity contribution in [2.75, 3.05) is 26.7 Å². The predicted octanol–water partition coefficient (Wildman–Crippen LogP) is 0.920. The molecule has 0 saturated carbocycles. The topological polar surface area (TPSA) is 49.5 Å². The zero-order valence-electron chi connectivity index (χ0n) is 10.2. The molecule has 0 aromatic heterocycles. The highest BCUT2D eigenvalue weighted by atomic mass is 16.3. The van der Waals surface area contributed by atoms with Crippen LogP contribution >= 0.6 is 0 Å². The zero-order chi connectivity index (χ0) is 11.4. The summed E-state index contributed by atoms with van der Waals surface area (Å²) in [6, 6.07) is 0. The maximum atomic E-state index is 9.22. The summed E-state index contributed by atoms with van der Waals surface area (Å²) in [4.78, 5) is 2.19. The number of aliphatic hydroxyl groups excluding tert-OH is 1. The molecular formula is C11H26N2O. The van der Waals surface area contributed by atoms with Gasteiger partial charge in [0.1, 0.15) is 0 Å². The summed E-state index contributed by atoms with van der Waals surface area (Å²) in [5.41, 5.74) is 5.57. The molecule has 0 aromatic carbocycles. The first kappa shape index (κ1) is 13.9. The van der Waals surface area contributed by atoms with E-state index < -0.39 is 0 Å². The first-order valence-corrected chi connectivity index (χ1v) is 5.37. The van der Waals surface area contributed by atoms with Crippen LogP contribution in [0.25, 0.3) is 0 Å². The lowest BCUT2D eigenvalue weighted by atomic mass is 9.93.